The molecule has 2 aromatic rings. The molecule has 0 unspecified atom stereocenters. The van der Waals surface area contributed by atoms with Gasteiger partial charge in [0.2, 0.25) is 0 Å². The van der Waals surface area contributed by atoms with Gasteiger partial charge in [0.05, 0.1) is 20.8 Å². The molecular formula is C23H26O7Y2-2. The number of hydrogen-bond donors (Lipinski definition) is 2. The zero-order valence-electron chi connectivity index (χ0n) is 18.7. The molecule has 2 radical (unpaired) electrons. The van der Waals surface area contributed by atoms with Gasteiger partial charge < -0.3 is 24.4 Å². The summed E-state index contributed by atoms with van der Waals surface area (Å²) in [6, 6.07) is 10.3. The van der Waals surface area contributed by atoms with Crippen LogP contribution in [0.1, 0.15) is 37.4 Å². The number of methoxy groups -OCH3 is 2. The summed E-state index contributed by atoms with van der Waals surface area (Å²) in [5, 5.41) is 18.4. The number of hydrogen-bond acceptors (Lipinski definition) is 7. The van der Waals surface area contributed by atoms with E-state index >= 15 is 0 Å². The number of carbonyl (C=O) groups excluding carboxylic acids is 2. The number of benzene rings is 2. The zero-order valence-corrected chi connectivity index (χ0v) is 24.4. The van der Waals surface area contributed by atoms with Crippen molar-refractivity contribution in [3.05, 3.63) is 70.8 Å². The number of aliphatic hydroxyl groups is 1. The van der Waals surface area contributed by atoms with Crippen molar-refractivity contribution >= 4 is 11.9 Å². The molecule has 0 aromatic heterocycles. The number of esters is 2. The number of ether oxygens (including phenoxy) is 3. The van der Waals surface area contributed by atoms with Crippen LogP contribution >= 0.6 is 0 Å². The van der Waals surface area contributed by atoms with E-state index in [2.05, 4.69) is 28.2 Å². The third-order valence-corrected chi connectivity index (χ3v) is 4.18. The van der Waals surface area contributed by atoms with Crippen LogP contribution in [-0.2, 0) is 81.3 Å². The van der Waals surface area contributed by atoms with Gasteiger partial charge in [-0.1, -0.05) is 26.5 Å². The van der Waals surface area contributed by atoms with Gasteiger partial charge >= 0.3 is 0 Å². The Labute approximate surface area is 239 Å². The average Bonchev–Trinajstić information content (AvgIpc) is 2.76. The van der Waals surface area contributed by atoms with E-state index in [4.69, 9.17) is 9.84 Å². The molecule has 2 rings (SSSR count). The smallest absolute Gasteiger partial charge is 0.281 e. The minimum atomic E-state index is -0.505. The molecule has 9 heteroatoms. The van der Waals surface area contributed by atoms with E-state index in [0.29, 0.717) is 35.5 Å². The Balaban J connectivity index is 0. The van der Waals surface area contributed by atoms with Gasteiger partial charge in [-0.05, 0) is 17.5 Å². The number of phenols is 1. The molecule has 0 saturated carbocycles. The molecule has 0 amide bonds. The normalized spacial score (nSPS) is 9.16. The second kappa shape index (κ2) is 17.4. The first-order valence-electron chi connectivity index (χ1n) is 9.07. The Morgan fingerprint density at radius 1 is 1.03 bits per heavy atom. The largest absolute Gasteiger partial charge is 0.565 e. The quantitative estimate of drug-likeness (QED) is 0.290. The molecule has 0 heterocycles. The van der Waals surface area contributed by atoms with E-state index in [-0.39, 0.29) is 89.3 Å². The van der Waals surface area contributed by atoms with Crippen molar-refractivity contribution < 1.29 is 99.4 Å². The Bertz CT molecular complexity index is 898. The summed E-state index contributed by atoms with van der Waals surface area (Å²) < 4.78 is 14.6. The fraction of sp³-hybridized carbons (Fsp3) is 0.304. The maximum absolute atomic E-state index is 11.3. The van der Waals surface area contributed by atoms with Gasteiger partial charge in [-0.15, -0.1) is 22.8 Å². The number of aromatic hydroxyl groups is 1. The molecule has 32 heavy (non-hydrogen) atoms. The number of rotatable bonds is 7. The summed E-state index contributed by atoms with van der Waals surface area (Å²) in [5.41, 5.74) is 2.46. The molecular weight excluding hydrogens is 566 g/mol. The predicted octanol–water partition coefficient (Wildman–Crippen LogP) is 2.96. The van der Waals surface area contributed by atoms with Gasteiger partial charge in [-0.2, -0.15) is 24.3 Å². The molecule has 0 aliphatic rings. The Kier molecular flexibility index (Phi) is 18.0. The van der Waals surface area contributed by atoms with Crippen molar-refractivity contribution in [3.63, 3.8) is 0 Å². The van der Waals surface area contributed by atoms with E-state index < -0.39 is 5.97 Å². The van der Waals surface area contributed by atoms with Crippen molar-refractivity contribution in [1.82, 2.24) is 0 Å². The third kappa shape index (κ3) is 9.40. The average molecular weight is 592 g/mol. The van der Waals surface area contributed by atoms with Crippen molar-refractivity contribution in [2.24, 2.45) is 0 Å². The molecule has 0 bridgehead atoms. The molecule has 2 N–H and O–H groups in total. The Morgan fingerprint density at radius 3 is 2.09 bits per heavy atom. The van der Waals surface area contributed by atoms with E-state index in [1.807, 2.05) is 0 Å². The fourth-order valence-corrected chi connectivity index (χ4v) is 2.48. The monoisotopic (exact) mass is 592 g/mol. The van der Waals surface area contributed by atoms with Gasteiger partial charge in [0, 0.05) is 83.5 Å². The van der Waals surface area contributed by atoms with Crippen LogP contribution in [-0.4, -0.2) is 49.6 Å². The predicted molar refractivity (Wildman–Crippen MR) is 111 cm³/mol. The first-order valence-corrected chi connectivity index (χ1v) is 9.07. The van der Waals surface area contributed by atoms with Crippen LogP contribution in [0.4, 0.5) is 0 Å². The van der Waals surface area contributed by atoms with Gasteiger partial charge in [0.25, 0.3) is 11.9 Å². The van der Waals surface area contributed by atoms with Crippen molar-refractivity contribution in [3.8, 4) is 11.5 Å². The van der Waals surface area contributed by atoms with E-state index in [1.54, 1.807) is 32.1 Å². The molecule has 0 aliphatic carbocycles. The molecule has 0 spiro atoms. The summed E-state index contributed by atoms with van der Waals surface area (Å²) in [4.78, 5) is 22.6. The standard InChI is InChI=1S/C12H13O3.C11H13O4.2Y/c1-4-8-15-11-7-5-6-10(9(11)2)12(13)14-3;1-7-9(11(14)15-2)4-3-8(5-6-12)10(7)13;;/h4,6-7H,1,8H2,2-3H3;4,12-13H,5-6H2,1-2H3;;/q2*-1;;. The fourth-order valence-electron chi connectivity index (χ4n) is 2.48. The molecule has 168 valence electrons. The molecule has 0 atom stereocenters. The van der Waals surface area contributed by atoms with Crippen molar-refractivity contribution in [2.75, 3.05) is 27.4 Å². The summed E-state index contributed by atoms with van der Waals surface area (Å²) >= 11 is 0. The summed E-state index contributed by atoms with van der Waals surface area (Å²) in [5.74, 6) is -0.271. The number of carbonyl (C=O) groups is 2. The maximum atomic E-state index is 11.3. The van der Waals surface area contributed by atoms with Crippen LogP contribution in [0.5, 0.6) is 11.5 Å². The molecule has 0 aliphatic heterocycles. The topological polar surface area (TPSA) is 102 Å². The van der Waals surface area contributed by atoms with Crippen LogP contribution in [0.25, 0.3) is 0 Å². The first kappa shape index (κ1) is 33.1. The van der Waals surface area contributed by atoms with Gasteiger partial charge in [-0.25, -0.2) is 0 Å². The van der Waals surface area contributed by atoms with Crippen molar-refractivity contribution in [1.29, 1.82) is 0 Å². The van der Waals surface area contributed by atoms with Crippen LogP contribution < -0.4 is 4.74 Å². The summed E-state index contributed by atoms with van der Waals surface area (Å²) in [7, 11) is 2.62. The van der Waals surface area contributed by atoms with E-state index in [1.165, 1.54) is 20.3 Å². The number of aliphatic hydroxyl groups excluding tert-OH is 1. The summed E-state index contributed by atoms with van der Waals surface area (Å²) in [6.07, 6.45) is 1.96. The summed E-state index contributed by atoms with van der Waals surface area (Å²) in [6.45, 7) is 7.31. The van der Waals surface area contributed by atoms with E-state index in [9.17, 15) is 14.7 Å². The third-order valence-electron chi connectivity index (χ3n) is 4.18. The molecule has 0 fully saturated rings. The second-order valence-corrected chi connectivity index (χ2v) is 6.07. The van der Waals surface area contributed by atoms with Crippen LogP contribution in [0.2, 0.25) is 0 Å². The van der Waals surface area contributed by atoms with Gasteiger partial charge in [0.15, 0.2) is 0 Å². The zero-order chi connectivity index (χ0) is 22.7. The van der Waals surface area contributed by atoms with E-state index in [0.717, 1.165) is 5.56 Å². The SMILES string of the molecule is C=CCOc1c[c-]cc(C(=O)OC)c1C.COC(=O)c1c[c-]c(CCO)c(O)c1C.[Y].[Y]. The first-order chi connectivity index (χ1) is 14.3. The second-order valence-electron chi connectivity index (χ2n) is 6.07. The van der Waals surface area contributed by atoms with Crippen LogP contribution in [0.3, 0.4) is 0 Å². The Hall–Kier alpha value is -1.11. The minimum absolute atomic E-state index is 0. The minimum Gasteiger partial charge on any atom is -0.565 e. The maximum Gasteiger partial charge on any atom is 0.281 e. The Morgan fingerprint density at radius 2 is 1.59 bits per heavy atom. The van der Waals surface area contributed by atoms with Crippen LogP contribution in [0, 0.1) is 26.0 Å². The van der Waals surface area contributed by atoms with Gasteiger partial charge in [-0.3, -0.25) is 9.59 Å². The van der Waals surface area contributed by atoms with Gasteiger partial charge in [0.1, 0.15) is 0 Å². The number of phenolic OH excluding ortho intramolecular Hbond substituents is 1. The molecule has 7 nitrogen and oxygen atoms in total. The molecule has 0 saturated heterocycles. The molecule has 2 aromatic carbocycles. The van der Waals surface area contributed by atoms with Crippen LogP contribution in [0.15, 0.2) is 30.9 Å². The van der Waals surface area contributed by atoms with Crippen molar-refractivity contribution in [2.45, 2.75) is 20.3 Å².